The van der Waals surface area contributed by atoms with Crippen molar-refractivity contribution in [3.63, 3.8) is 0 Å². The molecule has 22 heavy (non-hydrogen) atoms. The fourth-order valence-electron chi connectivity index (χ4n) is 5.65. The lowest BCUT2D eigenvalue weighted by Gasteiger charge is -2.60. The Morgan fingerprint density at radius 1 is 1.36 bits per heavy atom. The van der Waals surface area contributed by atoms with Crippen molar-refractivity contribution in [3.05, 3.63) is 22.4 Å². The van der Waals surface area contributed by atoms with E-state index in [1.165, 1.54) is 24.1 Å². The largest absolute Gasteiger partial charge is 0.337 e. The molecule has 2 nitrogen and oxygen atoms in total. The smallest absolute Gasteiger partial charge is 0.229 e. The first kappa shape index (κ1) is 15.2. The first-order chi connectivity index (χ1) is 10.5. The molecule has 1 aromatic heterocycles. The van der Waals surface area contributed by atoms with Crippen LogP contribution in [0.25, 0.3) is 0 Å². The highest BCUT2D eigenvalue weighted by Gasteiger charge is 2.60. The van der Waals surface area contributed by atoms with Crippen LogP contribution in [0, 0.1) is 17.3 Å². The summed E-state index contributed by atoms with van der Waals surface area (Å²) in [5, 5.41) is 2.10. The van der Waals surface area contributed by atoms with Crippen molar-refractivity contribution < 1.29 is 4.79 Å². The topological polar surface area (TPSA) is 20.3 Å². The molecule has 5 rings (SSSR count). The summed E-state index contributed by atoms with van der Waals surface area (Å²) in [5.74, 6) is 1.97. The number of rotatable bonds is 4. The summed E-state index contributed by atoms with van der Waals surface area (Å²) < 4.78 is 0.259. The summed E-state index contributed by atoms with van der Waals surface area (Å²) in [7, 11) is 0. The molecule has 2 atom stereocenters. The van der Waals surface area contributed by atoms with Gasteiger partial charge in [-0.1, -0.05) is 22.0 Å². The Morgan fingerprint density at radius 2 is 2.09 bits per heavy atom. The average Bonchev–Trinajstić information content (AvgIpc) is 2.94. The molecule has 4 aliphatic rings. The minimum atomic E-state index is -0.0686. The maximum atomic E-state index is 13.4. The van der Waals surface area contributed by atoms with E-state index in [-0.39, 0.29) is 9.74 Å². The molecule has 2 unspecified atom stereocenters. The van der Waals surface area contributed by atoms with Gasteiger partial charge in [-0.2, -0.15) is 0 Å². The van der Waals surface area contributed by atoms with Gasteiger partial charge in [0.05, 0.1) is 12.0 Å². The van der Waals surface area contributed by atoms with Gasteiger partial charge in [-0.25, -0.2) is 0 Å². The summed E-state index contributed by atoms with van der Waals surface area (Å²) in [6.07, 6.45) is 7.27. The van der Waals surface area contributed by atoms with Crippen molar-refractivity contribution in [2.75, 3.05) is 6.54 Å². The van der Waals surface area contributed by atoms with Crippen molar-refractivity contribution in [2.24, 2.45) is 17.3 Å². The number of alkyl halides is 1. The summed E-state index contributed by atoms with van der Waals surface area (Å²) >= 11 is 5.78. The van der Waals surface area contributed by atoms with Crippen LogP contribution in [0.1, 0.15) is 50.3 Å². The third-order valence-electron chi connectivity index (χ3n) is 6.04. The molecule has 1 aromatic rings. The number of carbonyl (C=O) groups excluding carboxylic acids is 1. The summed E-state index contributed by atoms with van der Waals surface area (Å²) in [5.41, 5.74) is -0.0686. The Bertz CT molecular complexity index is 556. The normalized spacial score (nSPS) is 39.2. The quantitative estimate of drug-likeness (QED) is 0.683. The predicted molar refractivity (Wildman–Crippen MR) is 94.2 cm³/mol. The van der Waals surface area contributed by atoms with Crippen LogP contribution in [-0.2, 0) is 11.3 Å². The Balaban J connectivity index is 1.58. The summed E-state index contributed by atoms with van der Waals surface area (Å²) in [6, 6.07) is 4.22. The van der Waals surface area contributed by atoms with E-state index < -0.39 is 0 Å². The number of halogens is 1. The number of carbonyl (C=O) groups is 1. The van der Waals surface area contributed by atoms with Crippen LogP contribution < -0.4 is 0 Å². The zero-order valence-corrected chi connectivity index (χ0v) is 15.6. The molecule has 0 saturated heterocycles. The highest BCUT2D eigenvalue weighted by Crippen LogP contribution is 2.64. The van der Waals surface area contributed by atoms with Gasteiger partial charge in [-0.15, -0.1) is 11.3 Å². The Morgan fingerprint density at radius 3 is 2.64 bits per heavy atom. The molecule has 4 aliphatic carbocycles. The van der Waals surface area contributed by atoms with E-state index in [9.17, 15) is 4.79 Å². The fourth-order valence-corrected chi connectivity index (χ4v) is 7.83. The van der Waals surface area contributed by atoms with Gasteiger partial charge in [0.25, 0.3) is 0 Å². The van der Waals surface area contributed by atoms with Gasteiger partial charge >= 0.3 is 0 Å². The monoisotopic (exact) mass is 381 g/mol. The molecule has 4 heteroatoms. The molecular weight excluding hydrogens is 358 g/mol. The molecule has 1 heterocycles. The van der Waals surface area contributed by atoms with Gasteiger partial charge < -0.3 is 4.90 Å². The molecule has 4 bridgehead atoms. The standard InChI is InChI=1S/C18H24BrNOS/c1-2-20(11-15-4-3-5-22-15)16(21)17-7-13-6-14(8-17)10-18(19,9-13)12-17/h3-5,13-14H,2,6-12H2,1H3. The van der Waals surface area contributed by atoms with Crippen molar-refractivity contribution in [3.8, 4) is 0 Å². The maximum Gasteiger partial charge on any atom is 0.229 e. The Labute approximate surface area is 145 Å². The van der Waals surface area contributed by atoms with Crippen LogP contribution in [0.3, 0.4) is 0 Å². The number of hydrogen-bond donors (Lipinski definition) is 0. The average molecular weight is 382 g/mol. The lowest BCUT2D eigenvalue weighted by molar-refractivity contribution is -0.155. The number of hydrogen-bond acceptors (Lipinski definition) is 2. The minimum absolute atomic E-state index is 0.0686. The summed E-state index contributed by atoms with van der Waals surface area (Å²) in [6.45, 7) is 3.73. The molecule has 1 amide bonds. The van der Waals surface area contributed by atoms with E-state index >= 15 is 0 Å². The first-order valence-corrected chi connectivity index (χ1v) is 10.2. The lowest BCUT2D eigenvalue weighted by Crippen LogP contribution is -2.58. The molecule has 0 spiro atoms. The zero-order valence-electron chi connectivity index (χ0n) is 13.2. The zero-order chi connectivity index (χ0) is 15.4. The van der Waals surface area contributed by atoms with Crippen LogP contribution in [0.15, 0.2) is 17.5 Å². The molecule has 0 aromatic carbocycles. The third kappa shape index (κ3) is 2.47. The van der Waals surface area contributed by atoms with Gasteiger partial charge in [0.2, 0.25) is 5.91 Å². The third-order valence-corrected chi connectivity index (χ3v) is 7.83. The van der Waals surface area contributed by atoms with E-state index in [0.29, 0.717) is 5.91 Å². The van der Waals surface area contributed by atoms with Crippen molar-refractivity contribution in [2.45, 2.75) is 56.3 Å². The minimum Gasteiger partial charge on any atom is -0.337 e. The van der Waals surface area contributed by atoms with E-state index in [2.05, 4.69) is 45.3 Å². The van der Waals surface area contributed by atoms with E-state index in [0.717, 1.165) is 44.2 Å². The highest BCUT2D eigenvalue weighted by molar-refractivity contribution is 9.10. The van der Waals surface area contributed by atoms with E-state index in [1.54, 1.807) is 11.3 Å². The molecular formula is C18H24BrNOS. The van der Waals surface area contributed by atoms with Gasteiger partial charge in [0, 0.05) is 15.7 Å². The van der Waals surface area contributed by atoms with Gasteiger partial charge in [-0.3, -0.25) is 4.79 Å². The molecule has 4 fully saturated rings. The van der Waals surface area contributed by atoms with Crippen LogP contribution >= 0.6 is 27.3 Å². The second kappa shape index (κ2) is 5.34. The molecule has 4 saturated carbocycles. The van der Waals surface area contributed by atoms with Crippen molar-refractivity contribution in [1.82, 2.24) is 4.90 Å². The first-order valence-electron chi connectivity index (χ1n) is 8.53. The second-order valence-electron chi connectivity index (χ2n) is 7.79. The van der Waals surface area contributed by atoms with Crippen LogP contribution in [0.2, 0.25) is 0 Å². The molecule has 0 radical (unpaired) electrons. The number of thiophene rings is 1. The fraction of sp³-hybridized carbons (Fsp3) is 0.722. The van der Waals surface area contributed by atoms with Gasteiger partial charge in [-0.05, 0) is 68.7 Å². The predicted octanol–water partition coefficient (Wildman–Crippen LogP) is 4.83. The van der Waals surface area contributed by atoms with Crippen molar-refractivity contribution >= 4 is 33.2 Å². The van der Waals surface area contributed by atoms with Crippen LogP contribution in [0.5, 0.6) is 0 Å². The Hall–Kier alpha value is -0.350. The van der Waals surface area contributed by atoms with E-state index in [4.69, 9.17) is 0 Å². The van der Waals surface area contributed by atoms with Crippen molar-refractivity contribution in [1.29, 1.82) is 0 Å². The summed E-state index contributed by atoms with van der Waals surface area (Å²) in [4.78, 5) is 16.8. The van der Waals surface area contributed by atoms with Crippen LogP contribution in [-0.4, -0.2) is 21.7 Å². The van der Waals surface area contributed by atoms with Crippen LogP contribution in [0.4, 0.5) is 0 Å². The lowest BCUT2D eigenvalue weighted by atomic mass is 9.49. The molecule has 120 valence electrons. The number of nitrogens with zero attached hydrogens (tertiary/aromatic N) is 1. The highest BCUT2D eigenvalue weighted by atomic mass is 79.9. The van der Waals surface area contributed by atoms with Gasteiger partial charge in [0.15, 0.2) is 0 Å². The Kier molecular flexibility index (Phi) is 3.69. The second-order valence-corrected chi connectivity index (χ2v) is 10.5. The maximum absolute atomic E-state index is 13.4. The molecule has 0 aliphatic heterocycles. The van der Waals surface area contributed by atoms with Gasteiger partial charge in [0.1, 0.15) is 0 Å². The molecule has 0 N–H and O–H groups in total. The number of amides is 1. The SMILES string of the molecule is CCN(Cc1cccs1)C(=O)C12CC3CC(CC(Br)(C3)C1)C2. The van der Waals surface area contributed by atoms with E-state index in [1.807, 2.05) is 0 Å².